The van der Waals surface area contributed by atoms with Crippen molar-refractivity contribution in [2.75, 3.05) is 0 Å². The topological polar surface area (TPSA) is 20.2 Å². The van der Waals surface area contributed by atoms with E-state index in [1.165, 1.54) is 0 Å². The van der Waals surface area contributed by atoms with Crippen LogP contribution in [0.15, 0.2) is 18.2 Å². The van der Waals surface area contributed by atoms with Crippen LogP contribution in [0.2, 0.25) is 0 Å². The highest BCUT2D eigenvalue weighted by Crippen LogP contribution is 2.30. The lowest BCUT2D eigenvalue weighted by Gasteiger charge is -2.04. The van der Waals surface area contributed by atoms with E-state index in [0.717, 1.165) is 12.1 Å². The molecule has 0 aliphatic rings. The fraction of sp³-hybridized carbons (Fsp3) is 0.143. The minimum atomic E-state index is -4.43. The maximum atomic E-state index is 11.8. The molecule has 0 bridgehead atoms. The zero-order valence-electron chi connectivity index (χ0n) is 5.31. The summed E-state index contributed by atoms with van der Waals surface area (Å²) in [6.45, 7) is 0. The molecule has 0 amide bonds. The Morgan fingerprint density at radius 3 is 2.36 bits per heavy atom. The van der Waals surface area contributed by atoms with Gasteiger partial charge in [0.15, 0.2) is 0 Å². The van der Waals surface area contributed by atoms with Crippen LogP contribution in [0.4, 0.5) is 13.2 Å². The third-order valence-corrected chi connectivity index (χ3v) is 1.09. The van der Waals surface area contributed by atoms with Gasteiger partial charge in [-0.3, -0.25) is 0 Å². The van der Waals surface area contributed by atoms with E-state index in [1.807, 2.05) is 6.07 Å². The van der Waals surface area contributed by atoms with E-state index in [-0.39, 0.29) is 0 Å². The molecular formula is C7H4F3O. The second-order valence-corrected chi connectivity index (χ2v) is 1.96. The molecule has 0 atom stereocenters. The quantitative estimate of drug-likeness (QED) is 0.618. The van der Waals surface area contributed by atoms with E-state index < -0.39 is 17.5 Å². The van der Waals surface area contributed by atoms with Crippen LogP contribution in [0.1, 0.15) is 5.56 Å². The second-order valence-electron chi connectivity index (χ2n) is 1.96. The summed E-state index contributed by atoms with van der Waals surface area (Å²) in [6, 6.07) is 4.75. The fourth-order valence-corrected chi connectivity index (χ4v) is 0.618. The van der Waals surface area contributed by atoms with Gasteiger partial charge in [0.1, 0.15) is 5.75 Å². The lowest BCUT2D eigenvalue weighted by atomic mass is 10.2. The van der Waals surface area contributed by atoms with E-state index in [0.29, 0.717) is 6.07 Å². The van der Waals surface area contributed by atoms with Crippen LogP contribution in [0, 0.1) is 6.07 Å². The number of benzene rings is 1. The Bertz CT molecular complexity index is 254. The van der Waals surface area contributed by atoms with Gasteiger partial charge in [0.05, 0.1) is 5.56 Å². The SMILES string of the molecule is Oc1cc[c]c(C(F)(F)F)c1. The lowest BCUT2D eigenvalue weighted by Crippen LogP contribution is -2.04. The number of hydrogen-bond acceptors (Lipinski definition) is 1. The summed E-state index contributed by atoms with van der Waals surface area (Å²) in [6.07, 6.45) is -4.43. The first-order chi connectivity index (χ1) is 5.00. The Morgan fingerprint density at radius 1 is 1.36 bits per heavy atom. The molecule has 1 radical (unpaired) electrons. The predicted octanol–water partition coefficient (Wildman–Crippen LogP) is 2.21. The van der Waals surface area contributed by atoms with Crippen molar-refractivity contribution < 1.29 is 18.3 Å². The minimum Gasteiger partial charge on any atom is -0.508 e. The maximum Gasteiger partial charge on any atom is 0.417 e. The van der Waals surface area contributed by atoms with Gasteiger partial charge in [0, 0.05) is 0 Å². The van der Waals surface area contributed by atoms with Crippen LogP contribution in [-0.4, -0.2) is 5.11 Å². The van der Waals surface area contributed by atoms with Crippen LogP contribution in [-0.2, 0) is 6.18 Å². The Balaban J connectivity index is 3.06. The summed E-state index contributed by atoms with van der Waals surface area (Å²) < 4.78 is 35.5. The van der Waals surface area contributed by atoms with Gasteiger partial charge in [-0.2, -0.15) is 13.2 Å². The third kappa shape index (κ3) is 1.86. The highest BCUT2D eigenvalue weighted by atomic mass is 19.4. The first-order valence-corrected chi connectivity index (χ1v) is 2.78. The highest BCUT2D eigenvalue weighted by Gasteiger charge is 2.30. The molecule has 1 nitrogen and oxygen atoms in total. The van der Waals surface area contributed by atoms with Crippen LogP contribution < -0.4 is 0 Å². The molecule has 59 valence electrons. The molecule has 0 aliphatic carbocycles. The molecule has 1 rings (SSSR count). The second kappa shape index (κ2) is 2.45. The summed E-state index contributed by atoms with van der Waals surface area (Å²) in [5, 5.41) is 8.66. The summed E-state index contributed by atoms with van der Waals surface area (Å²) >= 11 is 0. The molecule has 0 spiro atoms. The van der Waals surface area contributed by atoms with Gasteiger partial charge in [0.25, 0.3) is 0 Å². The van der Waals surface area contributed by atoms with Crippen molar-refractivity contribution in [3.05, 3.63) is 29.8 Å². The van der Waals surface area contributed by atoms with Crippen molar-refractivity contribution in [3.63, 3.8) is 0 Å². The van der Waals surface area contributed by atoms with Crippen LogP contribution in [0.5, 0.6) is 5.75 Å². The van der Waals surface area contributed by atoms with Crippen molar-refractivity contribution in [1.29, 1.82) is 0 Å². The molecule has 1 aromatic rings. The Kier molecular flexibility index (Phi) is 1.76. The molecule has 1 N–H and O–H groups in total. The van der Waals surface area contributed by atoms with Crippen molar-refractivity contribution in [2.45, 2.75) is 6.18 Å². The molecule has 0 aliphatic heterocycles. The number of phenols is 1. The van der Waals surface area contributed by atoms with Crippen molar-refractivity contribution in [2.24, 2.45) is 0 Å². The first kappa shape index (κ1) is 7.91. The summed E-state index contributed by atoms with van der Waals surface area (Å²) in [4.78, 5) is 0. The van der Waals surface area contributed by atoms with Crippen LogP contribution in [0.3, 0.4) is 0 Å². The average Bonchev–Trinajstić information content (AvgIpc) is 1.86. The Labute approximate surface area is 61.1 Å². The zero-order chi connectivity index (χ0) is 8.48. The highest BCUT2D eigenvalue weighted by molar-refractivity contribution is 5.27. The van der Waals surface area contributed by atoms with E-state index in [9.17, 15) is 13.2 Å². The number of alkyl halides is 3. The van der Waals surface area contributed by atoms with Crippen LogP contribution in [0.25, 0.3) is 0 Å². The number of phenolic OH excluding ortho intramolecular Hbond substituents is 1. The van der Waals surface area contributed by atoms with Crippen molar-refractivity contribution in [3.8, 4) is 5.75 Å². The maximum absolute atomic E-state index is 11.8. The van der Waals surface area contributed by atoms with Gasteiger partial charge in [0.2, 0.25) is 0 Å². The smallest absolute Gasteiger partial charge is 0.417 e. The van der Waals surface area contributed by atoms with Gasteiger partial charge >= 0.3 is 6.18 Å². The van der Waals surface area contributed by atoms with Gasteiger partial charge in [-0.25, -0.2) is 0 Å². The molecule has 0 saturated carbocycles. The van der Waals surface area contributed by atoms with E-state index >= 15 is 0 Å². The lowest BCUT2D eigenvalue weighted by molar-refractivity contribution is -0.137. The summed E-state index contributed by atoms with van der Waals surface area (Å²) in [5.41, 5.74) is -0.961. The Hall–Kier alpha value is -1.19. The van der Waals surface area contributed by atoms with Gasteiger partial charge in [-0.05, 0) is 18.2 Å². The molecule has 0 unspecified atom stereocenters. The molecule has 0 heterocycles. The van der Waals surface area contributed by atoms with Crippen molar-refractivity contribution >= 4 is 0 Å². The zero-order valence-corrected chi connectivity index (χ0v) is 5.31. The monoisotopic (exact) mass is 161 g/mol. The van der Waals surface area contributed by atoms with E-state index in [1.54, 1.807) is 0 Å². The molecule has 0 fully saturated rings. The van der Waals surface area contributed by atoms with E-state index in [4.69, 9.17) is 5.11 Å². The molecule has 4 heteroatoms. The fourth-order valence-electron chi connectivity index (χ4n) is 0.618. The number of halogens is 3. The molecule has 11 heavy (non-hydrogen) atoms. The van der Waals surface area contributed by atoms with Gasteiger partial charge in [-0.1, -0.05) is 6.07 Å². The largest absolute Gasteiger partial charge is 0.508 e. The molecule has 0 aromatic heterocycles. The summed E-state index contributed by atoms with van der Waals surface area (Å²) in [5.74, 6) is -0.406. The number of aromatic hydroxyl groups is 1. The van der Waals surface area contributed by atoms with Gasteiger partial charge in [-0.15, -0.1) is 0 Å². The third-order valence-electron chi connectivity index (χ3n) is 1.09. The molecular weight excluding hydrogens is 157 g/mol. The van der Waals surface area contributed by atoms with Gasteiger partial charge < -0.3 is 5.11 Å². The number of rotatable bonds is 0. The van der Waals surface area contributed by atoms with Crippen molar-refractivity contribution in [1.82, 2.24) is 0 Å². The molecule has 1 aromatic carbocycles. The Morgan fingerprint density at radius 2 is 2.00 bits per heavy atom. The molecule has 0 saturated heterocycles. The normalized spacial score (nSPS) is 11.5. The van der Waals surface area contributed by atoms with Crippen LogP contribution >= 0.6 is 0 Å². The first-order valence-electron chi connectivity index (χ1n) is 2.78. The number of hydrogen-bond donors (Lipinski definition) is 1. The van der Waals surface area contributed by atoms with E-state index in [2.05, 4.69) is 0 Å². The average molecular weight is 161 g/mol. The standard InChI is InChI=1S/C7H4F3O/c8-7(9,10)5-2-1-3-6(11)4-5/h1,3-4,11H. The summed E-state index contributed by atoms with van der Waals surface area (Å²) in [7, 11) is 0. The predicted molar refractivity (Wildman–Crippen MR) is 31.9 cm³/mol. The minimum absolute atomic E-state index is 0.406.